The van der Waals surface area contributed by atoms with Crippen molar-refractivity contribution in [2.24, 2.45) is 11.7 Å². The Labute approximate surface area is 37.3 Å². The maximum absolute atomic E-state index is 4.00. The van der Waals surface area contributed by atoms with Gasteiger partial charge in [0.2, 0.25) is 0 Å². The first kappa shape index (κ1) is 24.5. The molecular weight excluding hydrogens is 101 g/mol. The van der Waals surface area contributed by atoms with E-state index in [9.17, 15) is 0 Å². The van der Waals surface area contributed by atoms with Crippen molar-refractivity contribution >= 4 is 24.8 Å². The van der Waals surface area contributed by atoms with E-state index >= 15 is 0 Å². The standard InChI is InChI=1S/2ClH.H4N2/c;;1-2/h2*1H;1-2H2/i;;1+1,2+1. The van der Waals surface area contributed by atoms with E-state index in [1.165, 1.54) is 0 Å². The van der Waals surface area contributed by atoms with E-state index in [2.05, 4.69) is 11.7 Å². The third-order valence-electron chi connectivity index (χ3n) is 0. The molecule has 0 rings (SSSR count). The van der Waals surface area contributed by atoms with Crippen LogP contribution in [0.15, 0.2) is 0 Å². The summed E-state index contributed by atoms with van der Waals surface area (Å²) in [6, 6.07) is 0. The summed E-state index contributed by atoms with van der Waals surface area (Å²) >= 11 is 0. The Morgan fingerprint density at radius 1 is 0.750 bits per heavy atom. The quantitative estimate of drug-likeness (QED) is 0.253. The average molecular weight is 107 g/mol. The van der Waals surface area contributed by atoms with Gasteiger partial charge in [-0.1, -0.05) is 0 Å². The molecule has 0 unspecified atom stereocenters. The lowest BCUT2D eigenvalue weighted by Gasteiger charge is -1.27. The Balaban J connectivity index is -0.00000000500. The second kappa shape index (κ2) is 87.5. The zero-order valence-corrected chi connectivity index (χ0v) is 3.60. The monoisotopic (exact) mass is 106 g/mol. The predicted molar refractivity (Wildman–Crippen MR) is 22.9 cm³/mol. The van der Waals surface area contributed by atoms with Crippen LogP contribution in [0, 0.1) is 0 Å². The van der Waals surface area contributed by atoms with Gasteiger partial charge >= 0.3 is 0 Å². The molecule has 0 aliphatic rings. The van der Waals surface area contributed by atoms with Crippen molar-refractivity contribution in [2.45, 2.75) is 0 Å². The molecule has 2 nitrogen and oxygen atoms in total. The molecule has 4 heteroatoms. The highest BCUT2D eigenvalue weighted by Crippen LogP contribution is 0.691. The van der Waals surface area contributed by atoms with Gasteiger partial charge in [-0.3, -0.25) is 11.7 Å². The van der Waals surface area contributed by atoms with E-state index in [-0.39, 0.29) is 24.8 Å². The van der Waals surface area contributed by atoms with Crippen molar-refractivity contribution in [3.63, 3.8) is 0 Å². The molecule has 0 spiro atoms. The van der Waals surface area contributed by atoms with Crippen molar-refractivity contribution in [3.05, 3.63) is 0 Å². The minimum Gasteiger partial charge on any atom is -0.274 e. The zero-order chi connectivity index (χ0) is 2.00. The average Bonchev–Trinajstić information content (AvgIpc) is 1.00. The Morgan fingerprint density at radius 2 is 0.750 bits per heavy atom. The molecule has 4 N–H and O–H groups in total. The van der Waals surface area contributed by atoms with Gasteiger partial charge in [-0.05, 0) is 0 Å². The van der Waals surface area contributed by atoms with Crippen LogP contribution >= 0.6 is 24.8 Å². The fraction of sp³-hybridized carbons (Fsp3) is 0. The van der Waals surface area contributed by atoms with E-state index in [0.717, 1.165) is 0 Å². The number of rotatable bonds is 0. The van der Waals surface area contributed by atoms with Gasteiger partial charge in [-0.15, -0.1) is 24.8 Å². The molecule has 0 saturated carbocycles. The predicted octanol–water partition coefficient (Wildman–Crippen LogP) is -0.338. The maximum atomic E-state index is 4.00. The minimum absolute atomic E-state index is 0. The van der Waals surface area contributed by atoms with Crippen LogP contribution in [0.25, 0.3) is 0 Å². The van der Waals surface area contributed by atoms with Crippen LogP contribution in [0.2, 0.25) is 0 Å². The maximum Gasteiger partial charge on any atom is -0.147 e. The van der Waals surface area contributed by atoms with Crippen LogP contribution in [0.1, 0.15) is 0 Å². The first-order valence-corrected chi connectivity index (χ1v) is 0.333. The van der Waals surface area contributed by atoms with Crippen LogP contribution in [0.3, 0.4) is 0 Å². The van der Waals surface area contributed by atoms with E-state index in [4.69, 9.17) is 0 Å². The highest BCUT2D eigenvalue weighted by molar-refractivity contribution is 5.85. The summed E-state index contributed by atoms with van der Waals surface area (Å²) in [5, 5.41) is 0. The molecule has 0 radical (unpaired) electrons. The normalized spacial score (nSPS) is 1.50. The first-order chi connectivity index (χ1) is 1.00. The van der Waals surface area contributed by atoms with E-state index in [0.29, 0.717) is 0 Å². The fourth-order valence-electron chi connectivity index (χ4n) is 0. The molecule has 0 fully saturated rings. The van der Waals surface area contributed by atoms with Gasteiger partial charge in [0.25, 0.3) is 0 Å². The van der Waals surface area contributed by atoms with Gasteiger partial charge in [0.15, 0.2) is 0 Å². The molecule has 30 valence electrons. The smallest absolute Gasteiger partial charge is 0.147 e. The van der Waals surface area contributed by atoms with Gasteiger partial charge < -0.3 is 0 Å². The van der Waals surface area contributed by atoms with Gasteiger partial charge in [0, 0.05) is 0 Å². The number of halogens is 2. The van der Waals surface area contributed by atoms with Crippen LogP contribution in [0.5, 0.6) is 0 Å². The van der Waals surface area contributed by atoms with Gasteiger partial charge in [-0.25, -0.2) is 0 Å². The highest BCUT2D eigenvalue weighted by Gasteiger charge is 0.726. The molecule has 0 amide bonds. The second-order valence-corrected chi connectivity index (χ2v) is 0. The number of hydrazine groups is 1. The Kier molecular flexibility index (Phi) is 536. The lowest BCUT2D eigenvalue weighted by Crippen LogP contribution is -2.02. The summed E-state index contributed by atoms with van der Waals surface area (Å²) in [4.78, 5) is 0. The van der Waals surface area contributed by atoms with Crippen LogP contribution in [-0.2, 0) is 0 Å². The Morgan fingerprint density at radius 3 is 0.750 bits per heavy atom. The van der Waals surface area contributed by atoms with Gasteiger partial charge in [0.05, 0.1) is 0 Å². The number of hydrogen-bond acceptors (Lipinski definition) is 2. The lowest BCUT2D eigenvalue weighted by molar-refractivity contribution is 1.26. The number of nitrogens with two attached hydrogens (primary N) is 2. The molecule has 0 aromatic heterocycles. The largest absolute Gasteiger partial charge is 0.274 e. The molecule has 0 atom stereocenters. The van der Waals surface area contributed by atoms with Gasteiger partial charge in [-0.2, -0.15) is 0 Å². The molecule has 0 aliphatic heterocycles. The molecule has 0 saturated heterocycles. The van der Waals surface area contributed by atoms with Crippen molar-refractivity contribution in [1.82, 2.24) is 0 Å². The topological polar surface area (TPSA) is 52.0 Å². The summed E-state index contributed by atoms with van der Waals surface area (Å²) in [6.07, 6.45) is 0. The highest BCUT2D eigenvalue weighted by atomic mass is 35.5. The summed E-state index contributed by atoms with van der Waals surface area (Å²) in [6.45, 7) is 0. The van der Waals surface area contributed by atoms with Crippen LogP contribution in [-0.4, -0.2) is 0 Å². The van der Waals surface area contributed by atoms with Crippen molar-refractivity contribution < 1.29 is 0 Å². The fourth-order valence-corrected chi connectivity index (χ4v) is 0. The van der Waals surface area contributed by atoms with E-state index in [1.54, 1.807) is 0 Å². The molecular formula is H6Cl2N2. The van der Waals surface area contributed by atoms with Crippen molar-refractivity contribution in [3.8, 4) is 0 Å². The second-order valence-electron chi connectivity index (χ2n) is 0. The molecule has 0 aromatic rings. The summed E-state index contributed by atoms with van der Waals surface area (Å²) < 4.78 is 0. The van der Waals surface area contributed by atoms with Crippen molar-refractivity contribution in [1.29, 1.82) is 0 Å². The van der Waals surface area contributed by atoms with Crippen molar-refractivity contribution in [2.75, 3.05) is 0 Å². The Hall–Kier alpha value is 0.500. The van der Waals surface area contributed by atoms with Crippen LogP contribution in [0.4, 0.5) is 0 Å². The van der Waals surface area contributed by atoms with E-state index in [1.807, 2.05) is 0 Å². The lowest BCUT2D eigenvalue weighted by atomic mass is 14.0. The summed E-state index contributed by atoms with van der Waals surface area (Å²) in [7, 11) is 0. The number of hydrogen-bond donors (Lipinski definition) is 2. The first-order valence-electron chi connectivity index (χ1n) is 0.333. The third kappa shape index (κ3) is 22.5. The van der Waals surface area contributed by atoms with Gasteiger partial charge in [0.1, 0.15) is 0 Å². The van der Waals surface area contributed by atoms with E-state index < -0.39 is 0 Å². The third-order valence-corrected chi connectivity index (χ3v) is 0. The molecule has 0 heterocycles. The molecule has 0 bridgehead atoms. The summed E-state index contributed by atoms with van der Waals surface area (Å²) in [5.41, 5.74) is 0. The molecule has 0 aromatic carbocycles. The minimum atomic E-state index is 0. The molecule has 0 aliphatic carbocycles. The zero-order valence-electron chi connectivity index (χ0n) is 1.97. The molecule has 4 heavy (non-hydrogen) atoms. The van der Waals surface area contributed by atoms with Crippen LogP contribution < -0.4 is 11.7 Å². The Bertz CT molecular complexity index is 4.00. The SMILES string of the molecule is Cl.Cl.[15NH2][15NH2]. The summed E-state index contributed by atoms with van der Waals surface area (Å²) in [5.74, 6) is 8.00.